The monoisotopic (exact) mass is 278 g/mol. The maximum atomic E-state index is 12.3. The molecule has 5 nitrogen and oxygen atoms in total. The molecule has 0 spiro atoms. The SMILES string of the molecule is COc1ccc(NC(=O)C2NCCCC2C)c(OC)c1. The molecule has 1 heterocycles. The average molecular weight is 278 g/mol. The third-order valence-corrected chi connectivity index (χ3v) is 3.72. The lowest BCUT2D eigenvalue weighted by Gasteiger charge is -2.29. The van der Waals surface area contributed by atoms with E-state index in [1.54, 1.807) is 32.4 Å². The van der Waals surface area contributed by atoms with E-state index in [4.69, 9.17) is 9.47 Å². The van der Waals surface area contributed by atoms with Crippen LogP contribution in [-0.2, 0) is 4.79 Å². The highest BCUT2D eigenvalue weighted by Gasteiger charge is 2.27. The Balaban J connectivity index is 2.10. The number of carbonyl (C=O) groups is 1. The molecule has 1 aliphatic heterocycles. The Labute approximate surface area is 119 Å². The van der Waals surface area contributed by atoms with Gasteiger partial charge in [-0.05, 0) is 37.4 Å². The van der Waals surface area contributed by atoms with E-state index >= 15 is 0 Å². The molecule has 2 unspecified atom stereocenters. The van der Waals surface area contributed by atoms with Crippen LogP contribution >= 0.6 is 0 Å². The third-order valence-electron chi connectivity index (χ3n) is 3.72. The first-order valence-corrected chi connectivity index (χ1v) is 6.92. The number of hydrogen-bond donors (Lipinski definition) is 2. The van der Waals surface area contributed by atoms with E-state index in [0.717, 1.165) is 19.4 Å². The molecule has 1 aliphatic rings. The average Bonchev–Trinajstić information content (AvgIpc) is 2.48. The summed E-state index contributed by atoms with van der Waals surface area (Å²) in [5.41, 5.74) is 0.665. The minimum absolute atomic E-state index is 0.0133. The van der Waals surface area contributed by atoms with Crippen molar-refractivity contribution < 1.29 is 14.3 Å². The Morgan fingerprint density at radius 3 is 2.80 bits per heavy atom. The first kappa shape index (κ1) is 14.7. The number of hydrogen-bond acceptors (Lipinski definition) is 4. The summed E-state index contributed by atoms with van der Waals surface area (Å²) in [5, 5.41) is 6.20. The minimum Gasteiger partial charge on any atom is -0.497 e. The lowest BCUT2D eigenvalue weighted by atomic mass is 9.92. The second-order valence-corrected chi connectivity index (χ2v) is 5.11. The maximum Gasteiger partial charge on any atom is 0.241 e. The van der Waals surface area contributed by atoms with Gasteiger partial charge in [0.1, 0.15) is 11.5 Å². The quantitative estimate of drug-likeness (QED) is 0.884. The van der Waals surface area contributed by atoms with Crippen LogP contribution in [0.15, 0.2) is 18.2 Å². The smallest absolute Gasteiger partial charge is 0.241 e. The van der Waals surface area contributed by atoms with Gasteiger partial charge in [-0.1, -0.05) is 6.92 Å². The Bertz CT molecular complexity index is 476. The summed E-state index contributed by atoms with van der Waals surface area (Å²) in [6, 6.07) is 5.21. The van der Waals surface area contributed by atoms with Gasteiger partial charge in [-0.3, -0.25) is 4.79 Å². The molecule has 0 aliphatic carbocycles. The lowest BCUT2D eigenvalue weighted by molar-refractivity contribution is -0.119. The van der Waals surface area contributed by atoms with Gasteiger partial charge in [0, 0.05) is 6.07 Å². The standard InChI is InChI=1S/C15H22N2O3/c1-10-5-4-8-16-14(10)15(18)17-12-7-6-11(19-2)9-13(12)20-3/h6-7,9-10,14,16H,4-5,8H2,1-3H3,(H,17,18). The minimum atomic E-state index is -0.143. The van der Waals surface area contributed by atoms with Crippen molar-refractivity contribution >= 4 is 11.6 Å². The van der Waals surface area contributed by atoms with E-state index in [2.05, 4.69) is 17.6 Å². The molecule has 1 fully saturated rings. The summed E-state index contributed by atoms with van der Waals surface area (Å²) < 4.78 is 10.4. The number of nitrogens with one attached hydrogen (secondary N) is 2. The molecular weight excluding hydrogens is 256 g/mol. The summed E-state index contributed by atoms with van der Waals surface area (Å²) in [6.45, 7) is 2.99. The molecule has 1 saturated heterocycles. The fourth-order valence-corrected chi connectivity index (χ4v) is 2.51. The van der Waals surface area contributed by atoms with Crippen LogP contribution < -0.4 is 20.1 Å². The van der Waals surface area contributed by atoms with Crippen molar-refractivity contribution in [3.05, 3.63) is 18.2 Å². The van der Waals surface area contributed by atoms with Gasteiger partial charge < -0.3 is 20.1 Å². The van der Waals surface area contributed by atoms with Crippen molar-refractivity contribution in [1.82, 2.24) is 5.32 Å². The summed E-state index contributed by atoms with van der Waals surface area (Å²) in [4.78, 5) is 12.3. The zero-order valence-electron chi connectivity index (χ0n) is 12.2. The van der Waals surface area contributed by atoms with Crippen molar-refractivity contribution in [2.75, 3.05) is 26.1 Å². The number of benzene rings is 1. The van der Waals surface area contributed by atoms with Crippen LogP contribution in [0, 0.1) is 5.92 Å². The van der Waals surface area contributed by atoms with E-state index < -0.39 is 0 Å². The number of ether oxygens (including phenoxy) is 2. The first-order chi connectivity index (χ1) is 9.65. The Hall–Kier alpha value is -1.75. The Morgan fingerprint density at radius 1 is 1.35 bits per heavy atom. The maximum absolute atomic E-state index is 12.3. The number of rotatable bonds is 4. The molecule has 110 valence electrons. The first-order valence-electron chi connectivity index (χ1n) is 6.92. The molecule has 5 heteroatoms. The molecule has 1 amide bonds. The normalized spacial score (nSPS) is 22.1. The molecule has 1 aromatic rings. The number of anilines is 1. The number of methoxy groups -OCH3 is 2. The van der Waals surface area contributed by atoms with Gasteiger partial charge in [0.2, 0.25) is 5.91 Å². The van der Waals surface area contributed by atoms with Crippen LogP contribution in [0.5, 0.6) is 11.5 Å². The second kappa shape index (κ2) is 6.61. The zero-order chi connectivity index (χ0) is 14.5. The molecule has 2 atom stereocenters. The molecule has 20 heavy (non-hydrogen) atoms. The van der Waals surface area contributed by atoms with Crippen LogP contribution in [0.1, 0.15) is 19.8 Å². The lowest BCUT2D eigenvalue weighted by Crippen LogP contribution is -2.48. The van der Waals surface area contributed by atoms with Crippen LogP contribution in [0.3, 0.4) is 0 Å². The molecule has 1 aromatic carbocycles. The predicted octanol–water partition coefficient (Wildman–Crippen LogP) is 2.03. The largest absolute Gasteiger partial charge is 0.497 e. The number of carbonyl (C=O) groups excluding carboxylic acids is 1. The van der Waals surface area contributed by atoms with Gasteiger partial charge in [0.15, 0.2) is 0 Å². The third kappa shape index (κ3) is 3.22. The second-order valence-electron chi connectivity index (χ2n) is 5.11. The van der Waals surface area contributed by atoms with Crippen molar-refractivity contribution in [2.24, 2.45) is 5.92 Å². The van der Waals surface area contributed by atoms with E-state index in [1.165, 1.54) is 0 Å². The molecule has 2 rings (SSSR count). The van der Waals surface area contributed by atoms with Crippen molar-refractivity contribution in [3.63, 3.8) is 0 Å². The Morgan fingerprint density at radius 2 is 2.15 bits per heavy atom. The predicted molar refractivity (Wildman–Crippen MR) is 78.4 cm³/mol. The highest BCUT2D eigenvalue weighted by atomic mass is 16.5. The molecule has 0 saturated carbocycles. The highest BCUT2D eigenvalue weighted by molar-refractivity contribution is 5.96. The Kier molecular flexibility index (Phi) is 4.84. The topological polar surface area (TPSA) is 59.6 Å². The van der Waals surface area contributed by atoms with Gasteiger partial charge in [-0.15, -0.1) is 0 Å². The molecule has 0 aromatic heterocycles. The van der Waals surface area contributed by atoms with Crippen LogP contribution in [0.2, 0.25) is 0 Å². The highest BCUT2D eigenvalue weighted by Crippen LogP contribution is 2.29. The zero-order valence-corrected chi connectivity index (χ0v) is 12.2. The van der Waals surface area contributed by atoms with Gasteiger partial charge in [0.25, 0.3) is 0 Å². The van der Waals surface area contributed by atoms with E-state index in [1.807, 2.05) is 0 Å². The molecular formula is C15H22N2O3. The van der Waals surface area contributed by atoms with Gasteiger partial charge >= 0.3 is 0 Å². The fourth-order valence-electron chi connectivity index (χ4n) is 2.51. The summed E-state index contributed by atoms with van der Waals surface area (Å²) >= 11 is 0. The number of amides is 1. The van der Waals surface area contributed by atoms with Crippen molar-refractivity contribution in [2.45, 2.75) is 25.8 Å². The van der Waals surface area contributed by atoms with E-state index in [9.17, 15) is 4.79 Å². The van der Waals surface area contributed by atoms with E-state index in [0.29, 0.717) is 23.1 Å². The van der Waals surface area contributed by atoms with Crippen molar-refractivity contribution in [3.8, 4) is 11.5 Å². The summed E-state index contributed by atoms with van der Waals surface area (Å²) in [6.07, 6.45) is 2.20. The van der Waals surface area contributed by atoms with E-state index in [-0.39, 0.29) is 11.9 Å². The van der Waals surface area contributed by atoms with Crippen LogP contribution in [0.25, 0.3) is 0 Å². The van der Waals surface area contributed by atoms with Gasteiger partial charge in [0.05, 0.1) is 25.9 Å². The van der Waals surface area contributed by atoms with Crippen LogP contribution in [-0.4, -0.2) is 32.7 Å². The molecule has 0 radical (unpaired) electrons. The summed E-state index contributed by atoms with van der Waals surface area (Å²) in [7, 11) is 3.17. The van der Waals surface area contributed by atoms with Crippen molar-refractivity contribution in [1.29, 1.82) is 0 Å². The van der Waals surface area contributed by atoms with Gasteiger partial charge in [-0.2, -0.15) is 0 Å². The molecule has 2 N–H and O–H groups in total. The summed E-state index contributed by atoms with van der Waals surface area (Å²) in [5.74, 6) is 1.62. The fraction of sp³-hybridized carbons (Fsp3) is 0.533. The van der Waals surface area contributed by atoms with Gasteiger partial charge in [-0.25, -0.2) is 0 Å². The molecule has 0 bridgehead atoms. The number of piperidine rings is 1. The van der Waals surface area contributed by atoms with Crippen LogP contribution in [0.4, 0.5) is 5.69 Å².